The van der Waals surface area contributed by atoms with Gasteiger partial charge in [0.25, 0.3) is 0 Å². The van der Waals surface area contributed by atoms with E-state index in [1.807, 2.05) is 6.92 Å². The van der Waals surface area contributed by atoms with Crippen LogP contribution in [0.25, 0.3) is 0 Å². The Hall–Kier alpha value is -0.0800. The standard InChI is InChI=1S/C10H23NO/c1-4-7-10(3,11)8-6-9-12-5-2/h4-9,11H2,1-3H3. The van der Waals surface area contributed by atoms with Crippen LogP contribution in [0.4, 0.5) is 0 Å². The van der Waals surface area contributed by atoms with Crippen molar-refractivity contribution in [3.05, 3.63) is 0 Å². The molecule has 2 N–H and O–H groups in total. The summed E-state index contributed by atoms with van der Waals surface area (Å²) in [6.45, 7) is 7.99. The van der Waals surface area contributed by atoms with Gasteiger partial charge in [0.2, 0.25) is 0 Å². The van der Waals surface area contributed by atoms with E-state index in [9.17, 15) is 0 Å². The first-order valence-corrected chi connectivity index (χ1v) is 4.99. The number of ether oxygens (including phenoxy) is 1. The van der Waals surface area contributed by atoms with E-state index < -0.39 is 0 Å². The van der Waals surface area contributed by atoms with Gasteiger partial charge in [0.15, 0.2) is 0 Å². The molecule has 0 fully saturated rings. The molecule has 12 heavy (non-hydrogen) atoms. The van der Waals surface area contributed by atoms with Gasteiger partial charge in [-0.3, -0.25) is 0 Å². The van der Waals surface area contributed by atoms with Crippen molar-refractivity contribution < 1.29 is 4.74 Å². The van der Waals surface area contributed by atoms with Gasteiger partial charge in [-0.1, -0.05) is 13.3 Å². The molecule has 0 amide bonds. The minimum absolute atomic E-state index is 0.0197. The summed E-state index contributed by atoms with van der Waals surface area (Å²) in [7, 11) is 0. The first-order chi connectivity index (χ1) is 5.62. The van der Waals surface area contributed by atoms with Crippen molar-refractivity contribution in [3.8, 4) is 0 Å². The first kappa shape index (κ1) is 11.9. The molecule has 0 saturated carbocycles. The zero-order chi connectivity index (χ0) is 9.45. The van der Waals surface area contributed by atoms with Crippen molar-refractivity contribution in [1.82, 2.24) is 0 Å². The van der Waals surface area contributed by atoms with Crippen LogP contribution >= 0.6 is 0 Å². The van der Waals surface area contributed by atoms with Crippen LogP contribution in [-0.4, -0.2) is 18.8 Å². The molecule has 0 aromatic rings. The molecular formula is C10H23NO. The van der Waals surface area contributed by atoms with Crippen molar-refractivity contribution in [2.24, 2.45) is 5.73 Å². The summed E-state index contributed by atoms with van der Waals surface area (Å²) in [5.41, 5.74) is 6.07. The molecule has 2 heteroatoms. The summed E-state index contributed by atoms with van der Waals surface area (Å²) in [6, 6.07) is 0. The van der Waals surface area contributed by atoms with Crippen molar-refractivity contribution in [2.45, 2.75) is 52.0 Å². The number of rotatable bonds is 7. The summed E-state index contributed by atoms with van der Waals surface area (Å²) >= 11 is 0. The highest BCUT2D eigenvalue weighted by atomic mass is 16.5. The lowest BCUT2D eigenvalue weighted by atomic mass is 9.92. The Balaban J connectivity index is 3.33. The fourth-order valence-corrected chi connectivity index (χ4v) is 1.42. The average molecular weight is 173 g/mol. The highest BCUT2D eigenvalue weighted by Crippen LogP contribution is 2.15. The van der Waals surface area contributed by atoms with E-state index in [1.54, 1.807) is 0 Å². The zero-order valence-corrected chi connectivity index (χ0v) is 8.73. The molecule has 0 heterocycles. The minimum atomic E-state index is 0.0197. The Bertz CT molecular complexity index is 102. The van der Waals surface area contributed by atoms with Crippen LogP contribution in [0.2, 0.25) is 0 Å². The summed E-state index contributed by atoms with van der Waals surface area (Å²) < 4.78 is 5.25. The van der Waals surface area contributed by atoms with Crippen LogP contribution in [0.1, 0.15) is 46.5 Å². The van der Waals surface area contributed by atoms with Crippen LogP contribution in [0.15, 0.2) is 0 Å². The van der Waals surface area contributed by atoms with E-state index in [2.05, 4.69) is 13.8 Å². The molecule has 1 atom stereocenters. The lowest BCUT2D eigenvalue weighted by Crippen LogP contribution is -2.35. The molecule has 0 rings (SSSR count). The van der Waals surface area contributed by atoms with Crippen LogP contribution in [0.3, 0.4) is 0 Å². The molecule has 0 bridgehead atoms. The molecule has 0 radical (unpaired) electrons. The van der Waals surface area contributed by atoms with E-state index in [-0.39, 0.29) is 5.54 Å². The lowest BCUT2D eigenvalue weighted by Gasteiger charge is -2.23. The molecule has 0 aliphatic heterocycles. The second-order valence-corrected chi connectivity index (χ2v) is 3.70. The normalized spacial score (nSPS) is 16.0. The third-order valence-electron chi connectivity index (χ3n) is 2.06. The van der Waals surface area contributed by atoms with Crippen LogP contribution in [0, 0.1) is 0 Å². The average Bonchev–Trinajstić information content (AvgIpc) is 1.98. The molecule has 0 aliphatic rings. The lowest BCUT2D eigenvalue weighted by molar-refractivity contribution is 0.137. The summed E-state index contributed by atoms with van der Waals surface area (Å²) in [5.74, 6) is 0. The van der Waals surface area contributed by atoms with Crippen molar-refractivity contribution in [1.29, 1.82) is 0 Å². The maximum absolute atomic E-state index is 6.05. The fourth-order valence-electron chi connectivity index (χ4n) is 1.42. The zero-order valence-electron chi connectivity index (χ0n) is 8.73. The molecule has 0 aliphatic carbocycles. The van der Waals surface area contributed by atoms with E-state index >= 15 is 0 Å². The van der Waals surface area contributed by atoms with Gasteiger partial charge in [0.05, 0.1) is 0 Å². The van der Waals surface area contributed by atoms with Gasteiger partial charge in [-0.2, -0.15) is 0 Å². The molecule has 0 aromatic heterocycles. The third-order valence-corrected chi connectivity index (χ3v) is 2.06. The maximum atomic E-state index is 6.05. The Morgan fingerprint density at radius 3 is 2.42 bits per heavy atom. The first-order valence-electron chi connectivity index (χ1n) is 4.99. The predicted octanol–water partition coefficient (Wildman–Crippen LogP) is 2.32. The van der Waals surface area contributed by atoms with E-state index in [0.29, 0.717) is 0 Å². The molecular weight excluding hydrogens is 150 g/mol. The van der Waals surface area contributed by atoms with Crippen LogP contribution in [0.5, 0.6) is 0 Å². The van der Waals surface area contributed by atoms with Gasteiger partial charge in [-0.15, -0.1) is 0 Å². The van der Waals surface area contributed by atoms with Gasteiger partial charge >= 0.3 is 0 Å². The molecule has 0 saturated heterocycles. The summed E-state index contributed by atoms with van der Waals surface area (Å²) in [5, 5.41) is 0. The quantitative estimate of drug-likeness (QED) is 0.600. The highest BCUT2D eigenvalue weighted by molar-refractivity contribution is 4.77. The summed E-state index contributed by atoms with van der Waals surface area (Å²) in [6.07, 6.45) is 4.43. The SMILES string of the molecule is CCCC(C)(N)CCCOCC. The Morgan fingerprint density at radius 2 is 1.92 bits per heavy atom. The highest BCUT2D eigenvalue weighted by Gasteiger charge is 2.15. The van der Waals surface area contributed by atoms with Crippen LogP contribution in [-0.2, 0) is 4.74 Å². The van der Waals surface area contributed by atoms with Crippen LogP contribution < -0.4 is 5.73 Å². The largest absolute Gasteiger partial charge is 0.382 e. The second-order valence-electron chi connectivity index (χ2n) is 3.70. The Labute approximate surface area is 76.5 Å². The number of nitrogens with two attached hydrogens (primary N) is 1. The van der Waals surface area contributed by atoms with E-state index in [0.717, 1.165) is 32.5 Å². The van der Waals surface area contributed by atoms with Gasteiger partial charge in [0, 0.05) is 18.8 Å². The smallest absolute Gasteiger partial charge is 0.0466 e. The topological polar surface area (TPSA) is 35.2 Å². The number of hydrogen-bond acceptors (Lipinski definition) is 2. The Kier molecular flexibility index (Phi) is 6.39. The molecule has 1 unspecified atom stereocenters. The van der Waals surface area contributed by atoms with Gasteiger partial charge in [-0.05, 0) is 33.1 Å². The Morgan fingerprint density at radius 1 is 1.25 bits per heavy atom. The second kappa shape index (κ2) is 6.44. The third kappa shape index (κ3) is 6.62. The van der Waals surface area contributed by atoms with E-state index in [1.165, 1.54) is 6.42 Å². The molecule has 74 valence electrons. The van der Waals surface area contributed by atoms with Gasteiger partial charge < -0.3 is 10.5 Å². The fraction of sp³-hybridized carbons (Fsp3) is 1.00. The number of hydrogen-bond donors (Lipinski definition) is 1. The van der Waals surface area contributed by atoms with Gasteiger partial charge in [-0.25, -0.2) is 0 Å². The molecule has 0 spiro atoms. The van der Waals surface area contributed by atoms with Gasteiger partial charge in [0.1, 0.15) is 0 Å². The van der Waals surface area contributed by atoms with Crippen molar-refractivity contribution >= 4 is 0 Å². The maximum Gasteiger partial charge on any atom is 0.0466 e. The van der Waals surface area contributed by atoms with Crippen molar-refractivity contribution in [3.63, 3.8) is 0 Å². The van der Waals surface area contributed by atoms with Crippen molar-refractivity contribution in [2.75, 3.05) is 13.2 Å². The summed E-state index contributed by atoms with van der Waals surface area (Å²) in [4.78, 5) is 0. The molecule has 0 aromatic carbocycles. The molecule has 2 nitrogen and oxygen atoms in total. The predicted molar refractivity (Wildman–Crippen MR) is 53.2 cm³/mol. The minimum Gasteiger partial charge on any atom is -0.382 e. The van der Waals surface area contributed by atoms with E-state index in [4.69, 9.17) is 10.5 Å². The monoisotopic (exact) mass is 173 g/mol.